The molecule has 2 aromatic rings. The molecule has 2 N–H and O–H groups in total. The van der Waals surface area contributed by atoms with Gasteiger partial charge in [-0.15, -0.1) is 0 Å². The van der Waals surface area contributed by atoms with Crippen LogP contribution in [0.25, 0.3) is 11.0 Å². The zero-order valence-electron chi connectivity index (χ0n) is 10.4. The molecule has 2 rings (SSSR count). The highest BCUT2D eigenvalue weighted by Crippen LogP contribution is 2.31. The van der Waals surface area contributed by atoms with Gasteiger partial charge in [-0.05, 0) is 25.1 Å². The number of nitrogens with one attached hydrogen (secondary N) is 1. The van der Waals surface area contributed by atoms with Crippen LogP contribution in [-0.4, -0.2) is 24.9 Å². The molecule has 0 aliphatic rings. The number of aliphatic hydroxyl groups excluding tert-OH is 1. The first kappa shape index (κ1) is 13.7. The van der Waals surface area contributed by atoms with Crippen LogP contribution in [0.5, 0.6) is 5.75 Å². The van der Waals surface area contributed by atoms with Crippen LogP contribution in [0.15, 0.2) is 27.4 Å². The number of halogens is 1. The second-order valence-electron chi connectivity index (χ2n) is 3.82. The van der Waals surface area contributed by atoms with Crippen molar-refractivity contribution in [3.63, 3.8) is 0 Å². The summed E-state index contributed by atoms with van der Waals surface area (Å²) in [6.45, 7) is 2.35. The van der Waals surface area contributed by atoms with E-state index in [0.29, 0.717) is 34.8 Å². The Labute approximate surface area is 114 Å². The first-order chi connectivity index (χ1) is 9.17. The summed E-state index contributed by atoms with van der Waals surface area (Å²) in [5.74, 6) is 0.103. The van der Waals surface area contributed by atoms with Gasteiger partial charge in [0.1, 0.15) is 5.58 Å². The number of anilines is 1. The van der Waals surface area contributed by atoms with Gasteiger partial charge in [0.05, 0.1) is 18.9 Å². The van der Waals surface area contributed by atoms with Crippen molar-refractivity contribution < 1.29 is 14.3 Å². The van der Waals surface area contributed by atoms with Crippen LogP contribution in [0.4, 0.5) is 5.69 Å². The molecule has 0 spiro atoms. The molecule has 0 saturated heterocycles. The smallest absolute Gasteiger partial charge is 0.381 e. The highest BCUT2D eigenvalue weighted by molar-refractivity contribution is 6.31. The molecular weight excluding hydrogens is 270 g/mol. The van der Waals surface area contributed by atoms with Crippen molar-refractivity contribution in [3.05, 3.63) is 33.6 Å². The second-order valence-corrected chi connectivity index (χ2v) is 4.25. The molecule has 0 amide bonds. The Hall–Kier alpha value is -1.72. The van der Waals surface area contributed by atoms with Crippen LogP contribution < -0.4 is 15.7 Å². The molecule has 0 unspecified atom stereocenters. The van der Waals surface area contributed by atoms with E-state index in [-0.39, 0.29) is 12.4 Å². The largest absolute Gasteiger partial charge is 0.485 e. The topological polar surface area (TPSA) is 71.7 Å². The van der Waals surface area contributed by atoms with Crippen LogP contribution in [0.2, 0.25) is 5.02 Å². The van der Waals surface area contributed by atoms with E-state index in [1.54, 1.807) is 25.1 Å². The third kappa shape index (κ3) is 2.83. The summed E-state index contributed by atoms with van der Waals surface area (Å²) in [5, 5.41) is 13.0. The maximum absolute atomic E-state index is 11.9. The minimum Gasteiger partial charge on any atom is -0.485 e. The first-order valence-corrected chi connectivity index (χ1v) is 6.29. The van der Waals surface area contributed by atoms with E-state index in [0.717, 1.165) is 0 Å². The molecule has 0 radical (unpaired) electrons. The van der Waals surface area contributed by atoms with Crippen LogP contribution in [0.1, 0.15) is 6.92 Å². The summed E-state index contributed by atoms with van der Waals surface area (Å²) in [6.07, 6.45) is 0. The lowest BCUT2D eigenvalue weighted by atomic mass is 10.2. The fourth-order valence-electron chi connectivity index (χ4n) is 1.79. The minimum atomic E-state index is -0.558. The number of rotatable bonds is 5. The second kappa shape index (κ2) is 5.95. The van der Waals surface area contributed by atoms with Gasteiger partial charge in [0.15, 0.2) is 0 Å². The van der Waals surface area contributed by atoms with Gasteiger partial charge in [-0.3, -0.25) is 0 Å². The summed E-state index contributed by atoms with van der Waals surface area (Å²) in [4.78, 5) is 11.9. The first-order valence-electron chi connectivity index (χ1n) is 5.91. The molecular formula is C13H14ClNO4. The van der Waals surface area contributed by atoms with E-state index >= 15 is 0 Å². The Morgan fingerprint density at radius 1 is 1.47 bits per heavy atom. The summed E-state index contributed by atoms with van der Waals surface area (Å²) >= 11 is 5.96. The molecule has 19 heavy (non-hydrogen) atoms. The number of aliphatic hydroxyl groups is 1. The molecule has 1 aromatic heterocycles. The SMILES string of the molecule is CCOc1c(NCCO)c2cc(Cl)ccc2oc1=O. The van der Waals surface area contributed by atoms with E-state index in [4.69, 9.17) is 25.9 Å². The predicted octanol–water partition coefficient (Wildman–Crippen LogP) is 2.25. The maximum atomic E-state index is 11.9. The van der Waals surface area contributed by atoms with E-state index in [2.05, 4.69) is 5.32 Å². The Kier molecular flexibility index (Phi) is 4.29. The van der Waals surface area contributed by atoms with Gasteiger partial charge in [0, 0.05) is 17.0 Å². The molecule has 1 aromatic carbocycles. The maximum Gasteiger partial charge on any atom is 0.381 e. The lowest BCUT2D eigenvalue weighted by Gasteiger charge is -2.13. The quantitative estimate of drug-likeness (QED) is 0.824. The number of benzene rings is 1. The number of ether oxygens (including phenoxy) is 1. The van der Waals surface area contributed by atoms with E-state index in [1.807, 2.05) is 0 Å². The van der Waals surface area contributed by atoms with Crippen molar-refractivity contribution in [2.24, 2.45) is 0 Å². The van der Waals surface area contributed by atoms with E-state index in [1.165, 1.54) is 0 Å². The van der Waals surface area contributed by atoms with Crippen molar-refractivity contribution in [3.8, 4) is 5.75 Å². The third-order valence-corrected chi connectivity index (χ3v) is 2.76. The van der Waals surface area contributed by atoms with Crippen molar-refractivity contribution in [2.45, 2.75) is 6.92 Å². The van der Waals surface area contributed by atoms with Gasteiger partial charge in [0.2, 0.25) is 5.75 Å². The fraction of sp³-hybridized carbons (Fsp3) is 0.308. The Bertz CT molecular complexity index is 638. The van der Waals surface area contributed by atoms with Crippen LogP contribution in [0.3, 0.4) is 0 Å². The lowest BCUT2D eigenvalue weighted by molar-refractivity contribution is 0.309. The predicted molar refractivity (Wildman–Crippen MR) is 74.2 cm³/mol. The van der Waals surface area contributed by atoms with Gasteiger partial charge in [-0.2, -0.15) is 0 Å². The van der Waals surface area contributed by atoms with E-state index in [9.17, 15) is 4.79 Å². The van der Waals surface area contributed by atoms with Gasteiger partial charge in [-0.25, -0.2) is 4.79 Å². The van der Waals surface area contributed by atoms with Crippen LogP contribution >= 0.6 is 11.6 Å². The molecule has 6 heteroatoms. The van der Waals surface area contributed by atoms with Crippen LogP contribution in [-0.2, 0) is 0 Å². The highest BCUT2D eigenvalue weighted by atomic mass is 35.5. The van der Waals surface area contributed by atoms with E-state index < -0.39 is 5.63 Å². The normalized spacial score (nSPS) is 10.7. The van der Waals surface area contributed by atoms with Crippen LogP contribution in [0, 0.1) is 0 Å². The molecule has 0 saturated carbocycles. The van der Waals surface area contributed by atoms with Crippen molar-refractivity contribution in [2.75, 3.05) is 25.1 Å². The minimum absolute atomic E-state index is 0.0617. The van der Waals surface area contributed by atoms with Gasteiger partial charge in [-0.1, -0.05) is 11.6 Å². The Morgan fingerprint density at radius 2 is 2.26 bits per heavy atom. The monoisotopic (exact) mass is 283 g/mol. The third-order valence-electron chi connectivity index (χ3n) is 2.53. The fourth-order valence-corrected chi connectivity index (χ4v) is 1.96. The lowest BCUT2D eigenvalue weighted by Crippen LogP contribution is -2.14. The molecule has 102 valence electrons. The van der Waals surface area contributed by atoms with Crippen molar-refractivity contribution >= 4 is 28.3 Å². The molecule has 0 aliphatic carbocycles. The van der Waals surface area contributed by atoms with Gasteiger partial charge >= 0.3 is 5.63 Å². The molecule has 1 heterocycles. The summed E-state index contributed by atoms with van der Waals surface area (Å²) in [7, 11) is 0. The van der Waals surface area contributed by atoms with Gasteiger partial charge < -0.3 is 19.6 Å². The zero-order valence-corrected chi connectivity index (χ0v) is 11.2. The molecule has 0 aliphatic heterocycles. The number of fused-ring (bicyclic) bond motifs is 1. The summed E-state index contributed by atoms with van der Waals surface area (Å²) in [5.41, 5.74) is 0.347. The molecule has 5 nitrogen and oxygen atoms in total. The zero-order chi connectivity index (χ0) is 13.8. The highest BCUT2D eigenvalue weighted by Gasteiger charge is 2.15. The summed E-state index contributed by atoms with van der Waals surface area (Å²) in [6, 6.07) is 4.95. The van der Waals surface area contributed by atoms with Gasteiger partial charge in [0.25, 0.3) is 0 Å². The Balaban J connectivity index is 2.68. The molecule has 0 fully saturated rings. The molecule has 0 atom stereocenters. The molecule has 0 bridgehead atoms. The summed E-state index contributed by atoms with van der Waals surface area (Å²) < 4.78 is 10.5. The number of hydrogen-bond donors (Lipinski definition) is 2. The average molecular weight is 284 g/mol. The van der Waals surface area contributed by atoms with Crippen molar-refractivity contribution in [1.82, 2.24) is 0 Å². The van der Waals surface area contributed by atoms with Crippen molar-refractivity contribution in [1.29, 1.82) is 0 Å². The Morgan fingerprint density at radius 3 is 2.95 bits per heavy atom. The standard InChI is InChI=1S/C13H14ClNO4/c1-2-18-12-11(15-5-6-16)9-7-8(14)3-4-10(9)19-13(12)17/h3-4,7,15-16H,2,5-6H2,1H3. The average Bonchev–Trinajstić information content (AvgIpc) is 2.39. The number of hydrogen-bond acceptors (Lipinski definition) is 5.